The maximum absolute atomic E-state index is 11.8. The van der Waals surface area contributed by atoms with Crippen molar-refractivity contribution in [3.8, 4) is 0 Å². The van der Waals surface area contributed by atoms with E-state index < -0.39 is 0 Å². The van der Waals surface area contributed by atoms with Crippen molar-refractivity contribution >= 4 is 40.6 Å². The lowest BCUT2D eigenvalue weighted by Crippen LogP contribution is -2.11. The second-order valence-electron chi connectivity index (χ2n) is 3.29. The van der Waals surface area contributed by atoms with E-state index in [9.17, 15) is 9.59 Å². The van der Waals surface area contributed by atoms with Gasteiger partial charge < -0.3 is 0 Å². The SMILES string of the molecule is NSc1ccc(C(=O)Nc2nc(C=O)cs2)cc1. The fourth-order valence-electron chi connectivity index (χ4n) is 1.25. The smallest absolute Gasteiger partial charge is 0.257 e. The third-order valence-electron chi connectivity index (χ3n) is 2.12. The average molecular weight is 279 g/mol. The monoisotopic (exact) mass is 279 g/mol. The van der Waals surface area contributed by atoms with Crippen molar-refractivity contribution in [3.63, 3.8) is 0 Å². The summed E-state index contributed by atoms with van der Waals surface area (Å²) >= 11 is 2.33. The standard InChI is InChI=1S/C11H9N3O2S2/c12-18-9-3-1-7(2-4-9)10(16)14-11-13-8(5-15)6-17-11/h1-6H,12H2,(H,13,14,16). The van der Waals surface area contributed by atoms with E-state index in [2.05, 4.69) is 10.3 Å². The Bertz CT molecular complexity index is 566. The molecular formula is C11H9N3O2S2. The molecule has 0 bridgehead atoms. The molecule has 5 nitrogen and oxygen atoms in total. The van der Waals surface area contributed by atoms with Crippen molar-refractivity contribution in [1.29, 1.82) is 0 Å². The average Bonchev–Trinajstić information content (AvgIpc) is 2.86. The summed E-state index contributed by atoms with van der Waals surface area (Å²) in [5, 5.41) is 10.00. The second-order valence-corrected chi connectivity index (χ2v) is 4.86. The van der Waals surface area contributed by atoms with Crippen LogP contribution in [0.4, 0.5) is 5.13 Å². The number of thiazole rings is 1. The van der Waals surface area contributed by atoms with Crippen molar-refractivity contribution < 1.29 is 9.59 Å². The first-order valence-corrected chi connectivity index (χ1v) is 6.67. The largest absolute Gasteiger partial charge is 0.298 e. The van der Waals surface area contributed by atoms with Crippen molar-refractivity contribution in [2.75, 3.05) is 5.32 Å². The summed E-state index contributed by atoms with van der Waals surface area (Å²) in [6.07, 6.45) is 0.638. The summed E-state index contributed by atoms with van der Waals surface area (Å²) in [6.45, 7) is 0. The number of nitrogens with one attached hydrogen (secondary N) is 1. The third kappa shape index (κ3) is 2.95. The van der Waals surface area contributed by atoms with Gasteiger partial charge in [-0.1, -0.05) is 0 Å². The maximum Gasteiger partial charge on any atom is 0.257 e. The summed E-state index contributed by atoms with van der Waals surface area (Å²) in [6, 6.07) is 6.88. The van der Waals surface area contributed by atoms with Gasteiger partial charge in [0.2, 0.25) is 0 Å². The van der Waals surface area contributed by atoms with Gasteiger partial charge in [-0.2, -0.15) is 0 Å². The van der Waals surface area contributed by atoms with E-state index in [1.165, 1.54) is 11.3 Å². The molecule has 0 atom stereocenters. The Morgan fingerprint density at radius 3 is 2.67 bits per heavy atom. The fourth-order valence-corrected chi connectivity index (χ4v) is 2.20. The highest BCUT2D eigenvalue weighted by atomic mass is 32.2. The number of nitrogens with zero attached hydrogens (tertiary/aromatic N) is 1. The summed E-state index contributed by atoms with van der Waals surface area (Å²) in [5.74, 6) is -0.268. The first kappa shape index (κ1) is 12.7. The zero-order valence-electron chi connectivity index (χ0n) is 9.12. The van der Waals surface area contributed by atoms with E-state index in [1.54, 1.807) is 29.6 Å². The molecule has 1 amide bonds. The first-order chi connectivity index (χ1) is 8.72. The van der Waals surface area contributed by atoms with Crippen LogP contribution in [0.15, 0.2) is 34.5 Å². The Kier molecular flexibility index (Phi) is 4.08. The molecule has 7 heteroatoms. The van der Waals surface area contributed by atoms with Crippen molar-refractivity contribution in [2.45, 2.75) is 4.90 Å². The normalized spacial score (nSPS) is 10.1. The number of aromatic nitrogens is 1. The molecule has 0 spiro atoms. The molecule has 2 rings (SSSR count). The van der Waals surface area contributed by atoms with Gasteiger partial charge in [0.15, 0.2) is 11.4 Å². The molecular weight excluding hydrogens is 270 g/mol. The van der Waals surface area contributed by atoms with Gasteiger partial charge >= 0.3 is 0 Å². The number of rotatable bonds is 4. The van der Waals surface area contributed by atoms with Crippen LogP contribution < -0.4 is 10.5 Å². The first-order valence-electron chi connectivity index (χ1n) is 4.92. The molecule has 0 saturated carbocycles. The van der Waals surface area contributed by atoms with Crippen molar-refractivity contribution in [1.82, 2.24) is 4.98 Å². The summed E-state index contributed by atoms with van der Waals surface area (Å²) < 4.78 is 0. The van der Waals surface area contributed by atoms with Gasteiger partial charge in [0.05, 0.1) is 0 Å². The summed E-state index contributed by atoms with van der Waals surface area (Å²) in [5.41, 5.74) is 0.820. The van der Waals surface area contributed by atoms with Gasteiger partial charge in [0.1, 0.15) is 5.69 Å². The lowest BCUT2D eigenvalue weighted by atomic mass is 10.2. The van der Waals surface area contributed by atoms with Gasteiger partial charge in [-0.15, -0.1) is 11.3 Å². The minimum atomic E-state index is -0.268. The minimum Gasteiger partial charge on any atom is -0.298 e. The number of hydrogen-bond donors (Lipinski definition) is 2. The summed E-state index contributed by atoms with van der Waals surface area (Å²) in [7, 11) is 0. The van der Waals surface area contributed by atoms with Crippen LogP contribution in [0.5, 0.6) is 0 Å². The number of carbonyl (C=O) groups is 2. The summed E-state index contributed by atoms with van der Waals surface area (Å²) in [4.78, 5) is 27.1. The Morgan fingerprint density at radius 1 is 1.39 bits per heavy atom. The zero-order chi connectivity index (χ0) is 13.0. The van der Waals surface area contributed by atoms with Crippen LogP contribution in [0.2, 0.25) is 0 Å². The molecule has 0 radical (unpaired) electrons. The fraction of sp³-hybridized carbons (Fsp3) is 0. The van der Waals surface area contributed by atoms with Crippen molar-refractivity contribution in [3.05, 3.63) is 40.9 Å². The number of nitrogens with two attached hydrogens (primary N) is 1. The molecule has 3 N–H and O–H groups in total. The Morgan fingerprint density at radius 2 is 2.11 bits per heavy atom. The van der Waals surface area contributed by atoms with E-state index >= 15 is 0 Å². The van der Waals surface area contributed by atoms with E-state index in [-0.39, 0.29) is 5.91 Å². The van der Waals surface area contributed by atoms with Crippen LogP contribution in [0.3, 0.4) is 0 Å². The highest BCUT2D eigenvalue weighted by Crippen LogP contribution is 2.17. The van der Waals surface area contributed by atoms with Gasteiger partial charge in [-0.3, -0.25) is 20.0 Å². The van der Waals surface area contributed by atoms with Crippen LogP contribution in [0.25, 0.3) is 0 Å². The molecule has 92 valence electrons. The molecule has 0 aliphatic heterocycles. The van der Waals surface area contributed by atoms with Crippen LogP contribution in [0.1, 0.15) is 20.8 Å². The van der Waals surface area contributed by atoms with Crippen LogP contribution in [0, 0.1) is 0 Å². The van der Waals surface area contributed by atoms with E-state index in [0.29, 0.717) is 22.7 Å². The highest BCUT2D eigenvalue weighted by Gasteiger charge is 2.08. The topological polar surface area (TPSA) is 85.1 Å². The van der Waals surface area contributed by atoms with Crippen molar-refractivity contribution in [2.24, 2.45) is 5.14 Å². The van der Waals surface area contributed by atoms with Gasteiger partial charge in [0.25, 0.3) is 5.91 Å². The van der Waals surface area contributed by atoms with E-state index in [1.807, 2.05) is 0 Å². The van der Waals surface area contributed by atoms with Gasteiger partial charge in [0, 0.05) is 15.8 Å². The predicted molar refractivity (Wildman–Crippen MR) is 71.9 cm³/mol. The second kappa shape index (κ2) is 5.76. The third-order valence-corrected chi connectivity index (χ3v) is 3.44. The van der Waals surface area contributed by atoms with Crippen LogP contribution in [-0.4, -0.2) is 17.2 Å². The number of benzene rings is 1. The lowest BCUT2D eigenvalue weighted by Gasteiger charge is -2.02. The van der Waals surface area contributed by atoms with Crippen LogP contribution >= 0.6 is 23.3 Å². The Balaban J connectivity index is 2.08. The molecule has 0 fully saturated rings. The number of anilines is 1. The zero-order valence-corrected chi connectivity index (χ0v) is 10.8. The number of aldehydes is 1. The van der Waals surface area contributed by atoms with E-state index in [0.717, 1.165) is 16.8 Å². The molecule has 0 saturated heterocycles. The minimum absolute atomic E-state index is 0.268. The molecule has 2 aromatic rings. The quantitative estimate of drug-likeness (QED) is 0.662. The molecule has 0 aliphatic rings. The van der Waals surface area contributed by atoms with E-state index in [4.69, 9.17) is 5.14 Å². The molecule has 0 unspecified atom stereocenters. The van der Waals surface area contributed by atoms with Crippen LogP contribution in [-0.2, 0) is 0 Å². The maximum atomic E-state index is 11.8. The Hall–Kier alpha value is -1.70. The molecule has 1 aromatic carbocycles. The highest BCUT2D eigenvalue weighted by molar-refractivity contribution is 7.97. The number of hydrogen-bond acceptors (Lipinski definition) is 6. The predicted octanol–water partition coefficient (Wildman–Crippen LogP) is 2.17. The lowest BCUT2D eigenvalue weighted by molar-refractivity contribution is 0.102. The number of carbonyl (C=O) groups excluding carboxylic acids is 2. The molecule has 1 heterocycles. The molecule has 1 aromatic heterocycles. The van der Waals surface area contributed by atoms with Gasteiger partial charge in [-0.05, 0) is 36.2 Å². The Labute approximate surface area is 112 Å². The molecule has 0 aliphatic carbocycles. The van der Waals surface area contributed by atoms with Gasteiger partial charge in [-0.25, -0.2) is 4.98 Å². The molecule has 18 heavy (non-hydrogen) atoms. The number of amides is 1.